The van der Waals surface area contributed by atoms with Gasteiger partial charge in [-0.1, -0.05) is 0 Å². The van der Waals surface area contributed by atoms with Crippen LogP contribution in [0.2, 0.25) is 0 Å². The lowest BCUT2D eigenvalue weighted by molar-refractivity contribution is -0.0135. The standard InChI is InChI=1S/C16H27N3O2/c1-16(2,3)21-12-11-18-7-9-19(10-8-18)15-6-5-14(20-4)13-17-15/h5-6,13H,7-12H2,1-4H3. The van der Waals surface area contributed by atoms with Crippen LogP contribution in [0.25, 0.3) is 0 Å². The van der Waals surface area contributed by atoms with E-state index in [-0.39, 0.29) is 5.60 Å². The van der Waals surface area contributed by atoms with Crippen LogP contribution >= 0.6 is 0 Å². The summed E-state index contributed by atoms with van der Waals surface area (Å²) in [5.41, 5.74) is -0.0468. The van der Waals surface area contributed by atoms with Crippen molar-refractivity contribution < 1.29 is 9.47 Å². The SMILES string of the molecule is COc1ccc(N2CCN(CCOC(C)(C)C)CC2)nc1. The number of hydrogen-bond donors (Lipinski definition) is 0. The van der Waals surface area contributed by atoms with Crippen molar-refractivity contribution in [3.8, 4) is 5.75 Å². The van der Waals surface area contributed by atoms with E-state index in [9.17, 15) is 0 Å². The molecule has 1 saturated heterocycles. The van der Waals surface area contributed by atoms with E-state index >= 15 is 0 Å². The van der Waals surface area contributed by atoms with Crippen LogP contribution in [-0.4, -0.2) is 61.9 Å². The van der Waals surface area contributed by atoms with Gasteiger partial charge in [-0.3, -0.25) is 4.90 Å². The lowest BCUT2D eigenvalue weighted by Crippen LogP contribution is -2.47. The van der Waals surface area contributed by atoms with Crippen LogP contribution in [0.1, 0.15) is 20.8 Å². The molecule has 1 fully saturated rings. The summed E-state index contributed by atoms with van der Waals surface area (Å²) >= 11 is 0. The predicted molar refractivity (Wildman–Crippen MR) is 85.1 cm³/mol. The molecule has 1 aromatic heterocycles. The molecule has 0 radical (unpaired) electrons. The lowest BCUT2D eigenvalue weighted by Gasteiger charge is -2.35. The number of anilines is 1. The third kappa shape index (κ3) is 5.17. The Hall–Kier alpha value is -1.33. The van der Waals surface area contributed by atoms with Crippen LogP contribution in [-0.2, 0) is 4.74 Å². The molecule has 0 bridgehead atoms. The molecule has 0 atom stereocenters. The van der Waals surface area contributed by atoms with Gasteiger partial charge in [0.2, 0.25) is 0 Å². The highest BCUT2D eigenvalue weighted by Crippen LogP contribution is 2.17. The minimum Gasteiger partial charge on any atom is -0.495 e. The van der Waals surface area contributed by atoms with E-state index in [4.69, 9.17) is 9.47 Å². The Morgan fingerprint density at radius 3 is 2.38 bits per heavy atom. The minimum atomic E-state index is -0.0468. The second-order valence-corrected chi connectivity index (χ2v) is 6.35. The van der Waals surface area contributed by atoms with Crippen LogP contribution in [0.4, 0.5) is 5.82 Å². The highest BCUT2D eigenvalue weighted by atomic mass is 16.5. The monoisotopic (exact) mass is 293 g/mol. The molecule has 2 rings (SSSR count). The number of aromatic nitrogens is 1. The fraction of sp³-hybridized carbons (Fsp3) is 0.688. The van der Waals surface area contributed by atoms with Crippen LogP contribution in [0.5, 0.6) is 5.75 Å². The van der Waals surface area contributed by atoms with Gasteiger partial charge in [0.15, 0.2) is 0 Å². The zero-order chi connectivity index (χ0) is 15.3. The highest BCUT2D eigenvalue weighted by molar-refractivity contribution is 5.41. The van der Waals surface area contributed by atoms with Crippen molar-refractivity contribution in [2.24, 2.45) is 0 Å². The van der Waals surface area contributed by atoms with Gasteiger partial charge in [-0.25, -0.2) is 4.98 Å². The summed E-state index contributed by atoms with van der Waals surface area (Å²) < 4.78 is 10.9. The fourth-order valence-corrected chi connectivity index (χ4v) is 2.36. The van der Waals surface area contributed by atoms with E-state index in [1.54, 1.807) is 13.3 Å². The van der Waals surface area contributed by atoms with Crippen LogP contribution < -0.4 is 9.64 Å². The second-order valence-electron chi connectivity index (χ2n) is 6.35. The quantitative estimate of drug-likeness (QED) is 0.830. The third-order valence-corrected chi connectivity index (χ3v) is 3.60. The van der Waals surface area contributed by atoms with Gasteiger partial charge in [0.1, 0.15) is 11.6 Å². The molecule has 21 heavy (non-hydrogen) atoms. The molecule has 0 spiro atoms. The average Bonchev–Trinajstić information content (AvgIpc) is 2.47. The molecule has 1 aliphatic heterocycles. The minimum absolute atomic E-state index is 0.0468. The Bertz CT molecular complexity index is 420. The van der Waals surface area contributed by atoms with E-state index in [1.807, 2.05) is 12.1 Å². The van der Waals surface area contributed by atoms with Gasteiger partial charge in [-0.2, -0.15) is 0 Å². The number of piperazine rings is 1. The predicted octanol–water partition coefficient (Wildman–Crippen LogP) is 2.03. The summed E-state index contributed by atoms with van der Waals surface area (Å²) in [7, 11) is 1.66. The molecule has 1 aromatic rings. The Morgan fingerprint density at radius 2 is 1.86 bits per heavy atom. The molecule has 2 heterocycles. The van der Waals surface area contributed by atoms with Crippen molar-refractivity contribution in [2.75, 3.05) is 51.3 Å². The molecule has 5 heteroatoms. The summed E-state index contributed by atoms with van der Waals surface area (Å²) in [5.74, 6) is 1.83. The van der Waals surface area contributed by atoms with Crippen LogP contribution in [0, 0.1) is 0 Å². The number of nitrogens with zero attached hydrogens (tertiary/aromatic N) is 3. The van der Waals surface area contributed by atoms with Crippen molar-refractivity contribution in [1.82, 2.24) is 9.88 Å². The van der Waals surface area contributed by atoms with Crippen LogP contribution in [0.15, 0.2) is 18.3 Å². The fourth-order valence-electron chi connectivity index (χ4n) is 2.36. The Labute approximate surface area is 127 Å². The molecule has 1 aliphatic rings. The zero-order valence-electron chi connectivity index (χ0n) is 13.6. The third-order valence-electron chi connectivity index (χ3n) is 3.60. The number of pyridine rings is 1. The molecule has 118 valence electrons. The van der Waals surface area contributed by atoms with Crippen molar-refractivity contribution in [1.29, 1.82) is 0 Å². The molecule has 5 nitrogen and oxygen atoms in total. The maximum absolute atomic E-state index is 5.79. The first-order valence-corrected chi connectivity index (χ1v) is 7.59. The molecular weight excluding hydrogens is 266 g/mol. The highest BCUT2D eigenvalue weighted by Gasteiger charge is 2.18. The van der Waals surface area contributed by atoms with Gasteiger partial charge in [-0.15, -0.1) is 0 Å². The number of rotatable bonds is 5. The first kappa shape index (κ1) is 16.0. The molecule has 0 unspecified atom stereocenters. The maximum atomic E-state index is 5.79. The van der Waals surface area contributed by atoms with Gasteiger partial charge < -0.3 is 14.4 Å². The normalized spacial score (nSPS) is 17.0. The number of methoxy groups -OCH3 is 1. The summed E-state index contributed by atoms with van der Waals surface area (Å²) in [6.45, 7) is 12.2. The summed E-state index contributed by atoms with van der Waals surface area (Å²) in [6.07, 6.45) is 1.78. The lowest BCUT2D eigenvalue weighted by atomic mass is 10.2. The first-order chi connectivity index (χ1) is 9.98. The van der Waals surface area contributed by atoms with E-state index in [0.717, 1.165) is 50.9 Å². The number of ether oxygens (including phenoxy) is 2. The van der Waals surface area contributed by atoms with Gasteiger partial charge >= 0.3 is 0 Å². The Morgan fingerprint density at radius 1 is 1.14 bits per heavy atom. The Balaban J connectivity index is 1.74. The number of hydrogen-bond acceptors (Lipinski definition) is 5. The molecule has 0 amide bonds. The van der Waals surface area contributed by atoms with E-state index in [1.165, 1.54) is 0 Å². The van der Waals surface area contributed by atoms with Crippen molar-refractivity contribution in [2.45, 2.75) is 26.4 Å². The largest absolute Gasteiger partial charge is 0.495 e. The van der Waals surface area contributed by atoms with E-state index < -0.39 is 0 Å². The average molecular weight is 293 g/mol. The first-order valence-electron chi connectivity index (χ1n) is 7.59. The van der Waals surface area contributed by atoms with Crippen molar-refractivity contribution >= 4 is 5.82 Å². The second kappa shape index (κ2) is 7.09. The molecule has 0 aromatic carbocycles. The maximum Gasteiger partial charge on any atom is 0.137 e. The van der Waals surface area contributed by atoms with Gasteiger partial charge in [0, 0.05) is 32.7 Å². The van der Waals surface area contributed by atoms with Gasteiger partial charge in [0.05, 0.1) is 25.5 Å². The zero-order valence-corrected chi connectivity index (χ0v) is 13.6. The smallest absolute Gasteiger partial charge is 0.137 e. The molecule has 0 aliphatic carbocycles. The van der Waals surface area contributed by atoms with Gasteiger partial charge in [0.25, 0.3) is 0 Å². The topological polar surface area (TPSA) is 37.8 Å². The van der Waals surface area contributed by atoms with Crippen LogP contribution in [0.3, 0.4) is 0 Å². The Kier molecular flexibility index (Phi) is 5.42. The van der Waals surface area contributed by atoms with Crippen molar-refractivity contribution in [3.05, 3.63) is 18.3 Å². The molecule has 0 saturated carbocycles. The van der Waals surface area contributed by atoms with E-state index in [2.05, 4.69) is 35.6 Å². The summed E-state index contributed by atoms with van der Waals surface area (Å²) in [6, 6.07) is 3.99. The van der Waals surface area contributed by atoms with E-state index in [0.29, 0.717) is 0 Å². The van der Waals surface area contributed by atoms with Gasteiger partial charge in [-0.05, 0) is 32.9 Å². The summed E-state index contributed by atoms with van der Waals surface area (Å²) in [4.78, 5) is 9.22. The summed E-state index contributed by atoms with van der Waals surface area (Å²) in [5, 5.41) is 0. The molecular formula is C16H27N3O2. The van der Waals surface area contributed by atoms with Crippen molar-refractivity contribution in [3.63, 3.8) is 0 Å². The molecule has 0 N–H and O–H groups in total.